The minimum absolute atomic E-state index is 0.127. The smallest absolute Gasteiger partial charge is 0.320 e. The highest BCUT2D eigenvalue weighted by atomic mass is 79.9. The van der Waals surface area contributed by atoms with Crippen LogP contribution in [0.5, 0.6) is 0 Å². The molecule has 1 aliphatic rings. The third-order valence-electron chi connectivity index (χ3n) is 5.13. The van der Waals surface area contributed by atoms with Gasteiger partial charge in [0.2, 0.25) is 0 Å². The molecule has 2 N–H and O–H groups in total. The first-order valence-electron chi connectivity index (χ1n) is 8.96. The summed E-state index contributed by atoms with van der Waals surface area (Å²) in [6.07, 6.45) is 3.97. The van der Waals surface area contributed by atoms with E-state index in [1.165, 1.54) is 6.21 Å². The number of carboxylic acid groups (broad SMARTS) is 1. The molecular formula is C22H21BrN2O3. The highest BCUT2D eigenvalue weighted by Crippen LogP contribution is 2.47. The Morgan fingerprint density at radius 3 is 2.50 bits per heavy atom. The van der Waals surface area contributed by atoms with Gasteiger partial charge in [0.1, 0.15) is 0 Å². The summed E-state index contributed by atoms with van der Waals surface area (Å²) >= 11 is 3.40. The molecule has 5 nitrogen and oxygen atoms in total. The topological polar surface area (TPSA) is 78.8 Å². The number of hydrogen-bond donors (Lipinski definition) is 2. The van der Waals surface area contributed by atoms with Crippen molar-refractivity contribution in [1.29, 1.82) is 0 Å². The maximum absolute atomic E-state index is 13.1. The van der Waals surface area contributed by atoms with Gasteiger partial charge in [0, 0.05) is 10.4 Å². The van der Waals surface area contributed by atoms with Crippen LogP contribution in [0, 0.1) is 5.41 Å². The molecule has 0 aromatic heterocycles. The van der Waals surface area contributed by atoms with Crippen molar-refractivity contribution in [2.24, 2.45) is 10.5 Å². The SMILES string of the molecule is CC1=CCC(C(=O)O)(C(=O)NN=Cc2ccccc2)C(c2ccc(Br)cc2)C1. The molecule has 0 saturated carbocycles. The molecule has 144 valence electrons. The quantitative estimate of drug-likeness (QED) is 0.311. The van der Waals surface area contributed by atoms with E-state index in [2.05, 4.69) is 26.5 Å². The van der Waals surface area contributed by atoms with Crippen LogP contribution in [0.1, 0.15) is 36.8 Å². The van der Waals surface area contributed by atoms with Gasteiger partial charge in [0.15, 0.2) is 5.41 Å². The van der Waals surface area contributed by atoms with E-state index >= 15 is 0 Å². The van der Waals surface area contributed by atoms with E-state index in [-0.39, 0.29) is 6.42 Å². The highest BCUT2D eigenvalue weighted by Gasteiger charge is 2.53. The maximum Gasteiger partial charge on any atom is 0.320 e. The Hall–Kier alpha value is -2.73. The van der Waals surface area contributed by atoms with E-state index < -0.39 is 23.2 Å². The van der Waals surface area contributed by atoms with Crippen LogP contribution in [0.15, 0.2) is 75.8 Å². The number of benzene rings is 2. The summed E-state index contributed by atoms with van der Waals surface area (Å²) in [6.45, 7) is 1.96. The maximum atomic E-state index is 13.1. The first-order chi connectivity index (χ1) is 13.4. The molecule has 0 spiro atoms. The molecule has 0 aliphatic heterocycles. The van der Waals surface area contributed by atoms with Crippen molar-refractivity contribution in [3.05, 3.63) is 81.8 Å². The second-order valence-corrected chi connectivity index (χ2v) is 7.86. The number of hydrogen-bond acceptors (Lipinski definition) is 3. The predicted octanol–water partition coefficient (Wildman–Crippen LogP) is 4.49. The number of rotatable bonds is 5. The number of carbonyl (C=O) groups is 2. The molecule has 3 rings (SSSR count). The molecule has 0 fully saturated rings. The molecular weight excluding hydrogens is 420 g/mol. The summed E-state index contributed by atoms with van der Waals surface area (Å²) in [4.78, 5) is 25.4. The van der Waals surface area contributed by atoms with Crippen LogP contribution in [-0.4, -0.2) is 23.2 Å². The zero-order chi connectivity index (χ0) is 20.1. The number of nitrogens with zero attached hydrogens (tertiary/aromatic N) is 1. The fourth-order valence-corrected chi connectivity index (χ4v) is 3.81. The Bertz CT molecular complexity index is 923. The van der Waals surface area contributed by atoms with Crippen LogP contribution in [0.4, 0.5) is 0 Å². The van der Waals surface area contributed by atoms with Crippen molar-refractivity contribution < 1.29 is 14.7 Å². The van der Waals surface area contributed by atoms with E-state index in [4.69, 9.17) is 0 Å². The van der Waals surface area contributed by atoms with Crippen molar-refractivity contribution in [3.8, 4) is 0 Å². The Morgan fingerprint density at radius 1 is 1.18 bits per heavy atom. The standard InChI is InChI=1S/C22H21BrN2O3/c1-15-11-12-22(21(27)28,19(13-15)17-7-9-18(23)10-8-17)20(26)25-24-14-16-5-3-2-4-6-16/h2-11,14,19H,12-13H2,1H3,(H,25,26)(H,27,28). The number of amides is 1. The third kappa shape index (κ3) is 4.07. The number of nitrogens with one attached hydrogen (secondary N) is 1. The second-order valence-electron chi connectivity index (χ2n) is 6.95. The van der Waals surface area contributed by atoms with E-state index in [9.17, 15) is 14.7 Å². The van der Waals surface area contributed by atoms with Gasteiger partial charge in [0.25, 0.3) is 5.91 Å². The molecule has 1 aliphatic carbocycles. The summed E-state index contributed by atoms with van der Waals surface area (Å²) in [5.41, 5.74) is 3.56. The molecule has 0 heterocycles. The Kier molecular flexibility index (Phi) is 6.09. The van der Waals surface area contributed by atoms with Crippen molar-refractivity contribution in [2.75, 3.05) is 0 Å². The summed E-state index contributed by atoms with van der Waals surface area (Å²) < 4.78 is 0.900. The number of aliphatic carboxylic acids is 1. The molecule has 6 heteroatoms. The lowest BCUT2D eigenvalue weighted by Crippen LogP contribution is -2.50. The van der Waals surface area contributed by atoms with E-state index in [1.807, 2.05) is 67.6 Å². The Labute approximate surface area is 172 Å². The molecule has 0 radical (unpaired) electrons. The molecule has 2 atom stereocenters. The summed E-state index contributed by atoms with van der Waals surface area (Å²) in [6, 6.07) is 16.8. The fraction of sp³-hybridized carbons (Fsp3) is 0.227. The molecule has 0 saturated heterocycles. The minimum atomic E-state index is -1.61. The second kappa shape index (κ2) is 8.52. The van der Waals surface area contributed by atoms with Crippen molar-refractivity contribution in [2.45, 2.75) is 25.7 Å². The molecule has 2 aromatic rings. The van der Waals surface area contributed by atoms with Gasteiger partial charge in [-0.2, -0.15) is 5.10 Å². The first-order valence-corrected chi connectivity index (χ1v) is 9.76. The monoisotopic (exact) mass is 440 g/mol. The normalized spacial score (nSPS) is 21.9. The van der Waals surface area contributed by atoms with Crippen LogP contribution in [0.2, 0.25) is 0 Å². The van der Waals surface area contributed by atoms with Gasteiger partial charge in [-0.1, -0.05) is 70.0 Å². The number of hydrazone groups is 1. The van der Waals surface area contributed by atoms with Crippen LogP contribution >= 0.6 is 15.9 Å². The number of carbonyl (C=O) groups excluding carboxylic acids is 1. The van der Waals surface area contributed by atoms with Crippen molar-refractivity contribution in [1.82, 2.24) is 5.43 Å². The lowest BCUT2D eigenvalue weighted by Gasteiger charge is -2.38. The van der Waals surface area contributed by atoms with Gasteiger partial charge in [0.05, 0.1) is 6.21 Å². The molecule has 2 aromatic carbocycles. The van der Waals surface area contributed by atoms with Gasteiger partial charge in [-0.3, -0.25) is 9.59 Å². The van der Waals surface area contributed by atoms with Crippen LogP contribution in [0.25, 0.3) is 0 Å². The Balaban J connectivity index is 1.93. The lowest BCUT2D eigenvalue weighted by molar-refractivity contribution is -0.158. The van der Waals surface area contributed by atoms with E-state index in [0.29, 0.717) is 6.42 Å². The lowest BCUT2D eigenvalue weighted by atomic mass is 9.64. The largest absolute Gasteiger partial charge is 0.480 e. The van der Waals surface area contributed by atoms with Crippen LogP contribution in [-0.2, 0) is 9.59 Å². The zero-order valence-corrected chi connectivity index (χ0v) is 17.0. The van der Waals surface area contributed by atoms with Gasteiger partial charge in [-0.25, -0.2) is 5.43 Å². The number of carboxylic acids is 1. The molecule has 28 heavy (non-hydrogen) atoms. The predicted molar refractivity (Wildman–Crippen MR) is 112 cm³/mol. The average molecular weight is 441 g/mol. The van der Waals surface area contributed by atoms with Crippen molar-refractivity contribution >= 4 is 34.0 Å². The van der Waals surface area contributed by atoms with Gasteiger partial charge >= 0.3 is 5.97 Å². The van der Waals surface area contributed by atoms with Gasteiger partial charge in [-0.05, 0) is 43.0 Å². The van der Waals surface area contributed by atoms with E-state index in [1.54, 1.807) is 0 Å². The van der Waals surface area contributed by atoms with Crippen LogP contribution < -0.4 is 5.43 Å². The zero-order valence-electron chi connectivity index (χ0n) is 15.4. The van der Waals surface area contributed by atoms with Crippen molar-refractivity contribution in [3.63, 3.8) is 0 Å². The molecule has 0 bridgehead atoms. The molecule has 1 amide bonds. The summed E-state index contributed by atoms with van der Waals surface area (Å²) in [7, 11) is 0. The minimum Gasteiger partial charge on any atom is -0.480 e. The van der Waals surface area contributed by atoms with E-state index in [0.717, 1.165) is 21.2 Å². The van der Waals surface area contributed by atoms with Crippen LogP contribution in [0.3, 0.4) is 0 Å². The average Bonchev–Trinajstić information content (AvgIpc) is 2.69. The number of allylic oxidation sites excluding steroid dienone is 2. The summed E-state index contributed by atoms with van der Waals surface area (Å²) in [5, 5.41) is 14.1. The summed E-state index contributed by atoms with van der Waals surface area (Å²) in [5.74, 6) is -2.23. The number of halogens is 1. The van der Waals surface area contributed by atoms with Gasteiger partial charge in [-0.15, -0.1) is 0 Å². The first kappa shape index (κ1) is 20.0. The third-order valence-corrected chi connectivity index (χ3v) is 5.66. The fourth-order valence-electron chi connectivity index (χ4n) is 3.54. The van der Waals surface area contributed by atoms with Gasteiger partial charge < -0.3 is 5.11 Å². The molecule has 2 unspecified atom stereocenters. The Morgan fingerprint density at radius 2 is 1.86 bits per heavy atom. The highest BCUT2D eigenvalue weighted by molar-refractivity contribution is 9.10.